The number of alkyl carbamates (subject to hydrolysis) is 1. The Morgan fingerprint density at radius 3 is 2.24 bits per heavy atom. The Kier molecular flexibility index (Phi) is 6.37. The number of hydrogen-bond acceptors (Lipinski definition) is 5. The molecule has 0 bridgehead atoms. The topological polar surface area (TPSA) is 114 Å². The molecule has 174 valence electrons. The molecule has 2 aromatic rings. The molecule has 0 aromatic heterocycles. The summed E-state index contributed by atoms with van der Waals surface area (Å²) in [5.74, 6) is -1.93. The van der Waals surface area contributed by atoms with Crippen LogP contribution in [0.15, 0.2) is 48.5 Å². The van der Waals surface area contributed by atoms with Gasteiger partial charge in [-0.15, -0.1) is 0 Å². The van der Waals surface area contributed by atoms with Gasteiger partial charge in [-0.3, -0.25) is 9.59 Å². The third-order valence-corrected chi connectivity index (χ3v) is 6.25. The van der Waals surface area contributed by atoms with Crippen molar-refractivity contribution >= 4 is 18.0 Å². The predicted octanol–water partition coefficient (Wildman–Crippen LogP) is 2.91. The number of fused-ring (bicyclic) bond motifs is 3. The molecule has 33 heavy (non-hydrogen) atoms. The largest absolute Gasteiger partial charge is 0.481 e. The van der Waals surface area contributed by atoms with Crippen molar-refractivity contribution in [3.63, 3.8) is 0 Å². The zero-order valence-corrected chi connectivity index (χ0v) is 18.7. The van der Waals surface area contributed by atoms with Crippen molar-refractivity contribution in [2.45, 2.75) is 37.8 Å². The molecule has 4 rings (SSSR count). The molecule has 1 aliphatic carbocycles. The lowest BCUT2D eigenvalue weighted by molar-refractivity contribution is -0.141. The zero-order chi connectivity index (χ0) is 23.6. The fourth-order valence-corrected chi connectivity index (χ4v) is 4.39. The van der Waals surface area contributed by atoms with Gasteiger partial charge >= 0.3 is 12.1 Å². The number of benzene rings is 2. The van der Waals surface area contributed by atoms with Gasteiger partial charge in [-0.2, -0.15) is 0 Å². The van der Waals surface area contributed by atoms with Crippen molar-refractivity contribution in [1.29, 1.82) is 0 Å². The second-order valence-corrected chi connectivity index (χ2v) is 9.01. The van der Waals surface area contributed by atoms with Gasteiger partial charge < -0.3 is 25.2 Å². The molecular weight excluding hydrogens is 424 g/mol. The van der Waals surface area contributed by atoms with E-state index in [1.54, 1.807) is 13.8 Å². The summed E-state index contributed by atoms with van der Waals surface area (Å²) in [6.07, 6.45) is -0.698. The molecule has 8 heteroatoms. The highest BCUT2D eigenvalue weighted by atomic mass is 16.5. The number of carbonyl (C=O) groups excluding carboxylic acids is 2. The lowest BCUT2D eigenvalue weighted by Crippen LogP contribution is -2.55. The van der Waals surface area contributed by atoms with Crippen LogP contribution in [0.5, 0.6) is 0 Å². The molecule has 0 radical (unpaired) electrons. The number of rotatable bonds is 7. The highest BCUT2D eigenvalue weighted by Gasteiger charge is 2.35. The molecule has 1 fully saturated rings. The standard InChI is InChI=1S/C25H28N2O6/c1-25(2,23(30)26-12-16-11-15(13-32-16)22(28)29)27-24(31)33-14-21-19-9-5-3-7-17(19)18-8-4-6-10-20(18)21/h3-10,15-16,21H,11-14H2,1-2H3,(H,26,30)(H,27,31)(H,28,29). The molecular formula is C25H28N2O6. The van der Waals surface area contributed by atoms with Gasteiger partial charge in [0.1, 0.15) is 12.1 Å². The van der Waals surface area contributed by atoms with Crippen LogP contribution in [0.2, 0.25) is 0 Å². The molecule has 1 saturated heterocycles. The summed E-state index contributed by atoms with van der Waals surface area (Å²) in [5, 5.41) is 14.4. The first kappa shape index (κ1) is 22.8. The van der Waals surface area contributed by atoms with Crippen molar-refractivity contribution in [3.8, 4) is 11.1 Å². The maximum Gasteiger partial charge on any atom is 0.408 e. The lowest BCUT2D eigenvalue weighted by Gasteiger charge is -2.26. The second kappa shape index (κ2) is 9.23. The Bertz CT molecular complexity index is 1020. The fourth-order valence-electron chi connectivity index (χ4n) is 4.39. The van der Waals surface area contributed by atoms with Gasteiger partial charge in [0, 0.05) is 12.5 Å². The van der Waals surface area contributed by atoms with Crippen LogP contribution < -0.4 is 10.6 Å². The summed E-state index contributed by atoms with van der Waals surface area (Å²) in [6, 6.07) is 16.1. The summed E-state index contributed by atoms with van der Waals surface area (Å²) in [6.45, 7) is 3.64. The first-order valence-electron chi connectivity index (χ1n) is 11.0. The van der Waals surface area contributed by atoms with Gasteiger partial charge in [-0.25, -0.2) is 4.79 Å². The van der Waals surface area contributed by atoms with Gasteiger partial charge in [-0.1, -0.05) is 48.5 Å². The van der Waals surface area contributed by atoms with Crippen molar-refractivity contribution < 1.29 is 29.0 Å². The van der Waals surface area contributed by atoms with E-state index in [9.17, 15) is 14.4 Å². The number of carboxylic acids is 1. The quantitative estimate of drug-likeness (QED) is 0.595. The molecule has 2 aromatic carbocycles. The summed E-state index contributed by atoms with van der Waals surface area (Å²) in [4.78, 5) is 36.2. The number of nitrogens with one attached hydrogen (secondary N) is 2. The molecule has 2 amide bonds. The summed E-state index contributed by atoms with van der Waals surface area (Å²) >= 11 is 0. The van der Waals surface area contributed by atoms with Gasteiger partial charge in [0.05, 0.1) is 18.6 Å². The Hall–Kier alpha value is -3.39. The smallest absolute Gasteiger partial charge is 0.408 e. The molecule has 1 heterocycles. The van der Waals surface area contributed by atoms with E-state index in [-0.39, 0.29) is 31.8 Å². The van der Waals surface area contributed by atoms with Crippen LogP contribution in [0.25, 0.3) is 11.1 Å². The van der Waals surface area contributed by atoms with Crippen LogP contribution in [0.4, 0.5) is 4.79 Å². The molecule has 3 N–H and O–H groups in total. The van der Waals surface area contributed by atoms with E-state index in [4.69, 9.17) is 14.6 Å². The van der Waals surface area contributed by atoms with Gasteiger partial charge in [0.25, 0.3) is 0 Å². The number of aliphatic carboxylic acids is 1. The first-order chi connectivity index (χ1) is 15.8. The number of carbonyl (C=O) groups is 3. The normalized spacial score (nSPS) is 19.5. The Morgan fingerprint density at radius 2 is 1.67 bits per heavy atom. The fraction of sp³-hybridized carbons (Fsp3) is 0.400. The second-order valence-electron chi connectivity index (χ2n) is 9.01. The van der Waals surface area contributed by atoms with E-state index in [0.717, 1.165) is 22.3 Å². The Balaban J connectivity index is 1.30. The maximum absolute atomic E-state index is 12.6. The molecule has 2 unspecified atom stereocenters. The monoisotopic (exact) mass is 452 g/mol. The van der Waals surface area contributed by atoms with Crippen LogP contribution in [-0.4, -0.2) is 54.5 Å². The molecule has 0 spiro atoms. The van der Waals surface area contributed by atoms with Crippen LogP contribution in [0.1, 0.15) is 37.3 Å². The Morgan fingerprint density at radius 1 is 1.06 bits per heavy atom. The van der Waals surface area contributed by atoms with Crippen molar-refractivity contribution in [3.05, 3.63) is 59.7 Å². The van der Waals surface area contributed by atoms with E-state index in [1.807, 2.05) is 36.4 Å². The Labute approximate surface area is 192 Å². The third kappa shape index (κ3) is 4.85. The van der Waals surface area contributed by atoms with Crippen molar-refractivity contribution in [1.82, 2.24) is 10.6 Å². The van der Waals surface area contributed by atoms with Crippen molar-refractivity contribution in [2.75, 3.05) is 19.8 Å². The summed E-state index contributed by atoms with van der Waals surface area (Å²) in [7, 11) is 0. The summed E-state index contributed by atoms with van der Waals surface area (Å²) in [5.41, 5.74) is 3.29. The average Bonchev–Trinajstić information content (AvgIpc) is 3.39. The van der Waals surface area contributed by atoms with Crippen LogP contribution >= 0.6 is 0 Å². The summed E-state index contributed by atoms with van der Waals surface area (Å²) < 4.78 is 10.9. The minimum absolute atomic E-state index is 0.0678. The van der Waals surface area contributed by atoms with E-state index in [0.29, 0.717) is 6.42 Å². The molecule has 1 aliphatic heterocycles. The number of carboxylic acid groups (broad SMARTS) is 1. The zero-order valence-electron chi connectivity index (χ0n) is 18.7. The predicted molar refractivity (Wildman–Crippen MR) is 121 cm³/mol. The minimum atomic E-state index is -1.21. The molecule has 8 nitrogen and oxygen atoms in total. The van der Waals surface area contributed by atoms with E-state index < -0.39 is 29.4 Å². The van der Waals surface area contributed by atoms with Gasteiger partial charge in [-0.05, 0) is 42.5 Å². The molecule has 2 atom stereocenters. The SMILES string of the molecule is CC(C)(NC(=O)OCC1c2ccccc2-c2ccccc21)C(=O)NCC1CC(C(=O)O)CO1. The molecule has 0 saturated carbocycles. The number of amides is 2. The molecule has 2 aliphatic rings. The highest BCUT2D eigenvalue weighted by molar-refractivity contribution is 5.89. The number of hydrogen-bond donors (Lipinski definition) is 3. The van der Waals surface area contributed by atoms with Crippen LogP contribution in [0.3, 0.4) is 0 Å². The van der Waals surface area contributed by atoms with E-state index in [2.05, 4.69) is 22.8 Å². The van der Waals surface area contributed by atoms with Crippen LogP contribution in [-0.2, 0) is 19.1 Å². The third-order valence-electron chi connectivity index (χ3n) is 6.25. The lowest BCUT2D eigenvalue weighted by atomic mass is 9.98. The van der Waals surface area contributed by atoms with E-state index >= 15 is 0 Å². The minimum Gasteiger partial charge on any atom is -0.481 e. The van der Waals surface area contributed by atoms with Crippen LogP contribution in [0, 0.1) is 5.92 Å². The van der Waals surface area contributed by atoms with Gasteiger partial charge in [0.2, 0.25) is 5.91 Å². The number of ether oxygens (including phenoxy) is 2. The van der Waals surface area contributed by atoms with Gasteiger partial charge in [0.15, 0.2) is 0 Å². The maximum atomic E-state index is 12.6. The first-order valence-corrected chi connectivity index (χ1v) is 11.0. The van der Waals surface area contributed by atoms with Crippen molar-refractivity contribution in [2.24, 2.45) is 5.92 Å². The average molecular weight is 453 g/mol. The highest BCUT2D eigenvalue weighted by Crippen LogP contribution is 2.44. The van der Waals surface area contributed by atoms with E-state index in [1.165, 1.54) is 0 Å².